The number of anilines is 2. The Balaban J connectivity index is 1.73. The second-order valence-electron chi connectivity index (χ2n) is 5.99. The Kier molecular flexibility index (Phi) is 5.86. The van der Waals surface area contributed by atoms with E-state index < -0.39 is 5.97 Å². The average Bonchev–Trinajstić information content (AvgIpc) is 3.24. The molecule has 0 spiro atoms. The van der Waals surface area contributed by atoms with Crippen molar-refractivity contribution in [2.24, 2.45) is 0 Å². The minimum atomic E-state index is -0.435. The molecule has 0 bridgehead atoms. The molecular formula is C21H18N2O4S. The third-order valence-electron chi connectivity index (χ3n) is 4.02. The van der Waals surface area contributed by atoms with E-state index in [9.17, 15) is 14.4 Å². The zero-order valence-electron chi connectivity index (χ0n) is 15.3. The highest BCUT2D eigenvalue weighted by Gasteiger charge is 2.12. The first-order chi connectivity index (χ1) is 13.5. The zero-order valence-corrected chi connectivity index (χ0v) is 16.1. The number of thiophene rings is 1. The van der Waals surface area contributed by atoms with Crippen LogP contribution in [0.4, 0.5) is 11.4 Å². The summed E-state index contributed by atoms with van der Waals surface area (Å²) in [6.45, 7) is 1.79. The van der Waals surface area contributed by atoms with Crippen molar-refractivity contribution in [3.05, 3.63) is 81.5 Å². The Morgan fingerprint density at radius 3 is 2.39 bits per heavy atom. The van der Waals surface area contributed by atoms with Gasteiger partial charge in [0.15, 0.2) is 0 Å². The van der Waals surface area contributed by atoms with Gasteiger partial charge >= 0.3 is 5.97 Å². The molecule has 6 nitrogen and oxygen atoms in total. The molecule has 2 amide bonds. The van der Waals surface area contributed by atoms with Crippen molar-refractivity contribution in [3.8, 4) is 0 Å². The maximum atomic E-state index is 12.6. The summed E-state index contributed by atoms with van der Waals surface area (Å²) < 4.78 is 4.69. The first-order valence-corrected chi connectivity index (χ1v) is 9.31. The van der Waals surface area contributed by atoms with Crippen LogP contribution in [0.2, 0.25) is 0 Å². The first kappa shape index (κ1) is 19.3. The van der Waals surface area contributed by atoms with Gasteiger partial charge in [-0.25, -0.2) is 4.79 Å². The van der Waals surface area contributed by atoms with Crippen molar-refractivity contribution in [2.75, 3.05) is 17.7 Å². The van der Waals surface area contributed by atoms with Gasteiger partial charge in [0, 0.05) is 16.9 Å². The van der Waals surface area contributed by atoms with E-state index in [2.05, 4.69) is 10.6 Å². The molecule has 3 aromatic rings. The molecule has 142 valence electrons. The molecule has 7 heteroatoms. The summed E-state index contributed by atoms with van der Waals surface area (Å²) in [6.07, 6.45) is 0. The molecular weight excluding hydrogens is 376 g/mol. The number of rotatable bonds is 5. The fourth-order valence-electron chi connectivity index (χ4n) is 2.58. The van der Waals surface area contributed by atoms with Gasteiger partial charge in [-0.1, -0.05) is 12.1 Å². The van der Waals surface area contributed by atoms with Crippen LogP contribution in [-0.2, 0) is 4.74 Å². The standard InChI is InChI=1S/C21H18N2O4S/c1-13-11-15(21(26)27-2)8-9-17(13)23-19(24)14-5-3-6-16(12-14)22-20(25)18-7-4-10-28-18/h3-12H,1-2H3,(H,22,25)(H,23,24). The molecule has 2 N–H and O–H groups in total. The molecule has 0 saturated carbocycles. The second-order valence-corrected chi connectivity index (χ2v) is 6.94. The maximum absolute atomic E-state index is 12.6. The normalized spacial score (nSPS) is 10.2. The van der Waals surface area contributed by atoms with Crippen LogP contribution in [-0.4, -0.2) is 24.9 Å². The number of carbonyl (C=O) groups is 3. The van der Waals surface area contributed by atoms with E-state index in [1.54, 1.807) is 61.5 Å². The van der Waals surface area contributed by atoms with E-state index in [0.29, 0.717) is 27.4 Å². The summed E-state index contributed by atoms with van der Waals surface area (Å²) >= 11 is 1.34. The van der Waals surface area contributed by atoms with Crippen LogP contribution in [0.3, 0.4) is 0 Å². The number of benzene rings is 2. The van der Waals surface area contributed by atoms with Crippen LogP contribution in [0.25, 0.3) is 0 Å². The third-order valence-corrected chi connectivity index (χ3v) is 4.89. The molecule has 0 atom stereocenters. The fourth-order valence-corrected chi connectivity index (χ4v) is 3.20. The number of hydrogen-bond acceptors (Lipinski definition) is 5. The molecule has 1 aromatic heterocycles. The SMILES string of the molecule is COC(=O)c1ccc(NC(=O)c2cccc(NC(=O)c3cccs3)c2)c(C)c1. The van der Waals surface area contributed by atoms with Gasteiger partial charge in [-0.2, -0.15) is 0 Å². The van der Waals surface area contributed by atoms with Crippen LogP contribution in [0.15, 0.2) is 60.0 Å². The lowest BCUT2D eigenvalue weighted by atomic mass is 10.1. The molecule has 0 radical (unpaired) electrons. The summed E-state index contributed by atoms with van der Waals surface area (Å²) in [6, 6.07) is 15.1. The number of esters is 1. The van der Waals surface area contributed by atoms with E-state index in [1.807, 2.05) is 5.38 Å². The van der Waals surface area contributed by atoms with E-state index in [1.165, 1.54) is 18.4 Å². The predicted octanol–water partition coefficient (Wildman–Crippen LogP) is 4.35. The minimum Gasteiger partial charge on any atom is -0.465 e. The zero-order chi connectivity index (χ0) is 20.1. The molecule has 0 aliphatic heterocycles. The van der Waals surface area contributed by atoms with Gasteiger partial charge in [0.25, 0.3) is 11.8 Å². The van der Waals surface area contributed by atoms with Crippen molar-refractivity contribution < 1.29 is 19.1 Å². The minimum absolute atomic E-state index is 0.221. The Morgan fingerprint density at radius 1 is 0.893 bits per heavy atom. The lowest BCUT2D eigenvalue weighted by molar-refractivity contribution is 0.0600. The molecule has 3 rings (SSSR count). The van der Waals surface area contributed by atoms with Crippen molar-refractivity contribution in [3.63, 3.8) is 0 Å². The second kappa shape index (κ2) is 8.49. The van der Waals surface area contributed by atoms with Gasteiger partial charge in [-0.05, 0) is 60.3 Å². The smallest absolute Gasteiger partial charge is 0.337 e. The van der Waals surface area contributed by atoms with Crippen molar-refractivity contribution in [2.45, 2.75) is 6.92 Å². The van der Waals surface area contributed by atoms with E-state index >= 15 is 0 Å². The quantitative estimate of drug-likeness (QED) is 0.630. The number of amides is 2. The van der Waals surface area contributed by atoms with Gasteiger partial charge in [-0.15, -0.1) is 11.3 Å². The number of nitrogens with one attached hydrogen (secondary N) is 2. The summed E-state index contributed by atoms with van der Waals surface area (Å²) in [5.41, 5.74) is 2.67. The average molecular weight is 394 g/mol. The Morgan fingerprint density at radius 2 is 1.71 bits per heavy atom. The monoisotopic (exact) mass is 394 g/mol. The van der Waals surface area contributed by atoms with Crippen LogP contribution in [0, 0.1) is 6.92 Å². The molecule has 0 unspecified atom stereocenters. The van der Waals surface area contributed by atoms with Crippen LogP contribution >= 0.6 is 11.3 Å². The first-order valence-electron chi connectivity index (χ1n) is 8.43. The van der Waals surface area contributed by atoms with Crippen molar-refractivity contribution >= 4 is 40.5 Å². The Labute approximate surface area is 166 Å². The number of hydrogen-bond donors (Lipinski definition) is 2. The number of aryl methyl sites for hydroxylation is 1. The van der Waals surface area contributed by atoms with Gasteiger partial charge in [0.05, 0.1) is 17.6 Å². The van der Waals surface area contributed by atoms with Gasteiger partial charge in [0.2, 0.25) is 0 Å². The summed E-state index contributed by atoms with van der Waals surface area (Å²) in [5.74, 6) is -0.974. The topological polar surface area (TPSA) is 84.5 Å². The molecule has 28 heavy (non-hydrogen) atoms. The third kappa shape index (κ3) is 4.44. The van der Waals surface area contributed by atoms with E-state index in [4.69, 9.17) is 4.74 Å². The number of carbonyl (C=O) groups excluding carboxylic acids is 3. The summed E-state index contributed by atoms with van der Waals surface area (Å²) in [4.78, 5) is 36.9. The predicted molar refractivity (Wildman–Crippen MR) is 109 cm³/mol. The van der Waals surface area contributed by atoms with Crippen LogP contribution < -0.4 is 10.6 Å². The lowest BCUT2D eigenvalue weighted by Crippen LogP contribution is -2.15. The molecule has 0 saturated heterocycles. The molecule has 0 aliphatic rings. The highest BCUT2D eigenvalue weighted by molar-refractivity contribution is 7.12. The lowest BCUT2D eigenvalue weighted by Gasteiger charge is -2.11. The number of ether oxygens (including phenoxy) is 1. The largest absolute Gasteiger partial charge is 0.465 e. The van der Waals surface area contributed by atoms with E-state index in [0.717, 1.165) is 5.56 Å². The van der Waals surface area contributed by atoms with Gasteiger partial charge < -0.3 is 15.4 Å². The highest BCUT2D eigenvalue weighted by atomic mass is 32.1. The highest BCUT2D eigenvalue weighted by Crippen LogP contribution is 2.20. The van der Waals surface area contributed by atoms with E-state index in [-0.39, 0.29) is 11.8 Å². The maximum Gasteiger partial charge on any atom is 0.337 e. The number of methoxy groups -OCH3 is 1. The molecule has 2 aromatic carbocycles. The molecule has 1 heterocycles. The van der Waals surface area contributed by atoms with Crippen molar-refractivity contribution in [1.29, 1.82) is 0 Å². The van der Waals surface area contributed by atoms with Crippen LogP contribution in [0.1, 0.15) is 36.0 Å². The van der Waals surface area contributed by atoms with Gasteiger partial charge in [0.1, 0.15) is 0 Å². The van der Waals surface area contributed by atoms with Gasteiger partial charge in [-0.3, -0.25) is 9.59 Å². The summed E-state index contributed by atoms with van der Waals surface area (Å²) in [5, 5.41) is 7.42. The van der Waals surface area contributed by atoms with Crippen molar-refractivity contribution in [1.82, 2.24) is 0 Å². The Bertz CT molecular complexity index is 1030. The summed E-state index contributed by atoms with van der Waals surface area (Å²) in [7, 11) is 1.32. The Hall–Kier alpha value is -3.45. The fraction of sp³-hybridized carbons (Fsp3) is 0.0952. The molecule has 0 fully saturated rings. The molecule has 0 aliphatic carbocycles. The van der Waals surface area contributed by atoms with Crippen LogP contribution in [0.5, 0.6) is 0 Å².